The van der Waals surface area contributed by atoms with E-state index in [2.05, 4.69) is 57.3 Å². The quantitative estimate of drug-likeness (QED) is 0.836. The summed E-state index contributed by atoms with van der Waals surface area (Å²) in [5.41, 5.74) is 3.18. The first-order valence-corrected chi connectivity index (χ1v) is 7.27. The molecule has 1 aliphatic rings. The second kappa shape index (κ2) is 5.44. The molecule has 0 saturated carbocycles. The van der Waals surface area contributed by atoms with Crippen molar-refractivity contribution in [1.29, 1.82) is 0 Å². The minimum Gasteiger partial charge on any atom is -0.316 e. The summed E-state index contributed by atoms with van der Waals surface area (Å²) in [5.74, 6) is 1.66. The van der Waals surface area contributed by atoms with Crippen LogP contribution in [0.25, 0.3) is 0 Å². The van der Waals surface area contributed by atoms with Gasteiger partial charge in [0.25, 0.3) is 0 Å². The van der Waals surface area contributed by atoms with Gasteiger partial charge in [-0.05, 0) is 54.3 Å². The molecule has 0 bridgehead atoms. The van der Waals surface area contributed by atoms with Gasteiger partial charge in [-0.1, -0.05) is 52.0 Å². The van der Waals surface area contributed by atoms with Crippen LogP contribution < -0.4 is 5.32 Å². The highest BCUT2D eigenvalue weighted by molar-refractivity contribution is 5.27. The molecule has 0 spiro atoms. The number of hydrogen-bond acceptors (Lipinski definition) is 1. The third kappa shape index (κ3) is 3.35. The standard InChI is InChI=1S/C17H27N/c1-13-9-10-18-12-15(13)11-14-5-7-16(8-6-14)17(2,3)4/h5-8,13,15,18H,9-12H2,1-4H3. The average Bonchev–Trinajstić information content (AvgIpc) is 2.32. The summed E-state index contributed by atoms with van der Waals surface area (Å²) >= 11 is 0. The number of piperidine rings is 1. The Labute approximate surface area is 112 Å². The van der Waals surface area contributed by atoms with Crippen molar-refractivity contribution in [1.82, 2.24) is 5.32 Å². The summed E-state index contributed by atoms with van der Waals surface area (Å²) in [7, 11) is 0. The molecule has 2 atom stereocenters. The van der Waals surface area contributed by atoms with E-state index in [0.29, 0.717) is 0 Å². The van der Waals surface area contributed by atoms with E-state index in [9.17, 15) is 0 Å². The maximum Gasteiger partial charge on any atom is -0.00148 e. The summed E-state index contributed by atoms with van der Waals surface area (Å²) in [4.78, 5) is 0. The van der Waals surface area contributed by atoms with Crippen LogP contribution in [-0.2, 0) is 11.8 Å². The Morgan fingerprint density at radius 3 is 2.39 bits per heavy atom. The van der Waals surface area contributed by atoms with Gasteiger partial charge in [0, 0.05) is 0 Å². The van der Waals surface area contributed by atoms with Crippen molar-refractivity contribution in [2.45, 2.75) is 46.0 Å². The van der Waals surface area contributed by atoms with E-state index in [1.165, 1.54) is 37.1 Å². The van der Waals surface area contributed by atoms with Gasteiger partial charge < -0.3 is 5.32 Å². The van der Waals surface area contributed by atoms with Crippen LogP contribution in [0.15, 0.2) is 24.3 Å². The molecule has 1 nitrogen and oxygen atoms in total. The van der Waals surface area contributed by atoms with Gasteiger partial charge in [-0.2, -0.15) is 0 Å². The van der Waals surface area contributed by atoms with Crippen LogP contribution in [0.5, 0.6) is 0 Å². The predicted octanol–water partition coefficient (Wildman–Crippen LogP) is 3.77. The predicted molar refractivity (Wildman–Crippen MR) is 79.0 cm³/mol. The van der Waals surface area contributed by atoms with Gasteiger partial charge in [0.1, 0.15) is 0 Å². The lowest BCUT2D eigenvalue weighted by molar-refractivity contribution is 0.272. The monoisotopic (exact) mass is 245 g/mol. The summed E-state index contributed by atoms with van der Waals surface area (Å²) in [6.07, 6.45) is 2.54. The van der Waals surface area contributed by atoms with Gasteiger partial charge in [-0.3, -0.25) is 0 Å². The van der Waals surface area contributed by atoms with Crippen LogP contribution in [0.2, 0.25) is 0 Å². The van der Waals surface area contributed by atoms with Crippen molar-refractivity contribution in [3.63, 3.8) is 0 Å². The maximum atomic E-state index is 3.52. The lowest BCUT2D eigenvalue weighted by atomic mass is 9.82. The van der Waals surface area contributed by atoms with Crippen LogP contribution in [-0.4, -0.2) is 13.1 Å². The molecule has 1 aromatic carbocycles. The molecule has 18 heavy (non-hydrogen) atoms. The van der Waals surface area contributed by atoms with Crippen LogP contribution in [0.1, 0.15) is 45.2 Å². The highest BCUT2D eigenvalue weighted by Gasteiger charge is 2.21. The molecule has 1 N–H and O–H groups in total. The Morgan fingerprint density at radius 2 is 1.83 bits per heavy atom. The number of nitrogens with one attached hydrogen (secondary N) is 1. The zero-order valence-electron chi connectivity index (χ0n) is 12.3. The van der Waals surface area contributed by atoms with E-state index in [-0.39, 0.29) is 5.41 Å². The Kier molecular flexibility index (Phi) is 4.11. The Morgan fingerprint density at radius 1 is 1.17 bits per heavy atom. The van der Waals surface area contributed by atoms with E-state index in [0.717, 1.165) is 11.8 Å². The molecule has 0 amide bonds. The molecular weight excluding hydrogens is 218 g/mol. The molecule has 2 unspecified atom stereocenters. The molecule has 0 aliphatic carbocycles. The molecule has 1 aromatic rings. The van der Waals surface area contributed by atoms with E-state index < -0.39 is 0 Å². The van der Waals surface area contributed by atoms with E-state index >= 15 is 0 Å². The number of rotatable bonds is 2. The first-order chi connectivity index (χ1) is 8.47. The second-order valence-electron chi connectivity index (χ2n) is 6.88. The molecule has 1 saturated heterocycles. The summed E-state index contributed by atoms with van der Waals surface area (Å²) in [5, 5.41) is 3.52. The largest absolute Gasteiger partial charge is 0.316 e. The molecule has 2 rings (SSSR count). The average molecular weight is 245 g/mol. The van der Waals surface area contributed by atoms with Crippen LogP contribution in [0.4, 0.5) is 0 Å². The summed E-state index contributed by atoms with van der Waals surface area (Å²) < 4.78 is 0. The van der Waals surface area contributed by atoms with Crippen molar-refractivity contribution in [2.24, 2.45) is 11.8 Å². The summed E-state index contributed by atoms with van der Waals surface area (Å²) in [6.45, 7) is 11.6. The maximum absolute atomic E-state index is 3.52. The lowest BCUT2D eigenvalue weighted by Gasteiger charge is -2.29. The number of hydrogen-bond donors (Lipinski definition) is 1. The fourth-order valence-electron chi connectivity index (χ4n) is 2.77. The Bertz CT molecular complexity index is 372. The minimum atomic E-state index is 0.262. The molecule has 0 radical (unpaired) electrons. The zero-order valence-corrected chi connectivity index (χ0v) is 12.3. The van der Waals surface area contributed by atoms with E-state index in [4.69, 9.17) is 0 Å². The lowest BCUT2D eigenvalue weighted by Crippen LogP contribution is -2.36. The molecule has 1 heteroatoms. The number of benzene rings is 1. The zero-order chi connectivity index (χ0) is 13.2. The smallest absolute Gasteiger partial charge is 0.00148 e. The molecule has 100 valence electrons. The Hall–Kier alpha value is -0.820. The van der Waals surface area contributed by atoms with Crippen molar-refractivity contribution in [3.05, 3.63) is 35.4 Å². The fraction of sp³-hybridized carbons (Fsp3) is 0.647. The first-order valence-electron chi connectivity index (χ1n) is 7.27. The second-order valence-corrected chi connectivity index (χ2v) is 6.88. The van der Waals surface area contributed by atoms with Crippen molar-refractivity contribution in [3.8, 4) is 0 Å². The highest BCUT2D eigenvalue weighted by Crippen LogP contribution is 2.25. The van der Waals surface area contributed by atoms with Crippen LogP contribution in [0.3, 0.4) is 0 Å². The van der Waals surface area contributed by atoms with E-state index in [1.807, 2.05) is 0 Å². The van der Waals surface area contributed by atoms with Gasteiger partial charge in [-0.15, -0.1) is 0 Å². The van der Waals surface area contributed by atoms with Crippen molar-refractivity contribution < 1.29 is 0 Å². The SMILES string of the molecule is CC1CCNCC1Cc1ccc(C(C)(C)C)cc1. The summed E-state index contributed by atoms with van der Waals surface area (Å²) in [6, 6.07) is 9.25. The normalized spacial score (nSPS) is 25.1. The van der Waals surface area contributed by atoms with Crippen LogP contribution in [0, 0.1) is 11.8 Å². The van der Waals surface area contributed by atoms with Gasteiger partial charge in [0.2, 0.25) is 0 Å². The minimum absolute atomic E-state index is 0.262. The topological polar surface area (TPSA) is 12.0 Å². The highest BCUT2D eigenvalue weighted by atomic mass is 14.9. The van der Waals surface area contributed by atoms with E-state index in [1.54, 1.807) is 0 Å². The molecule has 0 aromatic heterocycles. The van der Waals surface area contributed by atoms with Gasteiger partial charge in [-0.25, -0.2) is 0 Å². The fourth-order valence-corrected chi connectivity index (χ4v) is 2.77. The molecular formula is C17H27N. The molecule has 1 fully saturated rings. The van der Waals surface area contributed by atoms with Gasteiger partial charge >= 0.3 is 0 Å². The third-order valence-electron chi connectivity index (χ3n) is 4.31. The molecule has 1 aliphatic heterocycles. The third-order valence-corrected chi connectivity index (χ3v) is 4.31. The van der Waals surface area contributed by atoms with Gasteiger partial charge in [0.15, 0.2) is 0 Å². The first kappa shape index (κ1) is 13.6. The van der Waals surface area contributed by atoms with Crippen molar-refractivity contribution >= 4 is 0 Å². The Balaban J connectivity index is 2.02. The van der Waals surface area contributed by atoms with Gasteiger partial charge in [0.05, 0.1) is 0 Å². The van der Waals surface area contributed by atoms with Crippen molar-refractivity contribution in [2.75, 3.05) is 13.1 Å². The van der Waals surface area contributed by atoms with Crippen LogP contribution >= 0.6 is 0 Å². The molecule has 1 heterocycles.